The highest BCUT2D eigenvalue weighted by Crippen LogP contribution is 2.26. The van der Waals surface area contributed by atoms with E-state index in [4.69, 9.17) is 4.74 Å². The van der Waals surface area contributed by atoms with Crippen molar-refractivity contribution in [2.75, 3.05) is 25.6 Å². The molecule has 2 aromatic rings. The Morgan fingerprint density at radius 2 is 2.22 bits per heavy atom. The lowest BCUT2D eigenvalue weighted by molar-refractivity contribution is -0.122. The Morgan fingerprint density at radius 1 is 1.43 bits per heavy atom. The van der Waals surface area contributed by atoms with Gasteiger partial charge >= 0.3 is 5.97 Å². The molecule has 8 heteroatoms. The van der Waals surface area contributed by atoms with E-state index in [1.807, 2.05) is 5.38 Å². The van der Waals surface area contributed by atoms with Gasteiger partial charge in [0.2, 0.25) is 5.91 Å². The molecule has 0 radical (unpaired) electrons. The number of aromatic amines is 1. The highest BCUT2D eigenvalue weighted by atomic mass is 32.1. The van der Waals surface area contributed by atoms with Crippen molar-refractivity contribution in [3.63, 3.8) is 0 Å². The summed E-state index contributed by atoms with van der Waals surface area (Å²) in [6, 6.07) is 1.67. The van der Waals surface area contributed by atoms with Crippen molar-refractivity contribution < 1.29 is 19.1 Å². The van der Waals surface area contributed by atoms with E-state index < -0.39 is 5.97 Å². The van der Waals surface area contributed by atoms with Gasteiger partial charge < -0.3 is 19.8 Å². The number of nitrogens with one attached hydrogen (secondary N) is 2. The molecule has 122 valence electrons. The van der Waals surface area contributed by atoms with Crippen LogP contribution in [0.4, 0.5) is 5.13 Å². The van der Waals surface area contributed by atoms with Gasteiger partial charge in [-0.05, 0) is 18.9 Å². The van der Waals surface area contributed by atoms with E-state index >= 15 is 0 Å². The van der Waals surface area contributed by atoms with Crippen LogP contribution in [0.3, 0.4) is 0 Å². The van der Waals surface area contributed by atoms with Gasteiger partial charge in [0.15, 0.2) is 5.13 Å². The smallest absolute Gasteiger partial charge is 0.354 e. The third kappa shape index (κ3) is 3.59. The minimum Gasteiger partial charge on any atom is -0.464 e. The van der Waals surface area contributed by atoms with Crippen LogP contribution in [0, 0.1) is 5.92 Å². The largest absolute Gasteiger partial charge is 0.464 e. The van der Waals surface area contributed by atoms with Gasteiger partial charge in [-0.3, -0.25) is 4.79 Å². The van der Waals surface area contributed by atoms with Crippen LogP contribution in [0.1, 0.15) is 23.3 Å². The number of rotatable bonds is 4. The number of hydrogen-bond acceptors (Lipinski definition) is 6. The van der Waals surface area contributed by atoms with Gasteiger partial charge in [-0.2, -0.15) is 0 Å². The summed E-state index contributed by atoms with van der Waals surface area (Å²) in [6.07, 6.45) is 3.17. The molecule has 1 fully saturated rings. The molecule has 0 aliphatic carbocycles. The molecule has 1 aliphatic rings. The van der Waals surface area contributed by atoms with Crippen LogP contribution in [0.2, 0.25) is 0 Å². The zero-order valence-corrected chi connectivity index (χ0v) is 13.4. The van der Waals surface area contributed by atoms with Crippen molar-refractivity contribution in [3.8, 4) is 11.3 Å². The Labute approximate surface area is 137 Å². The molecule has 3 rings (SSSR count). The van der Waals surface area contributed by atoms with E-state index in [0.717, 1.165) is 18.4 Å². The number of aromatic nitrogens is 2. The molecule has 0 saturated carbocycles. The molecule has 2 N–H and O–H groups in total. The second-order valence-corrected chi connectivity index (χ2v) is 6.07. The van der Waals surface area contributed by atoms with Gasteiger partial charge in [-0.1, -0.05) is 0 Å². The molecule has 0 unspecified atom stereocenters. The maximum atomic E-state index is 12.2. The summed E-state index contributed by atoms with van der Waals surface area (Å²) < 4.78 is 9.91. The number of anilines is 1. The fraction of sp³-hybridized carbons (Fsp3) is 0.400. The first-order valence-electron chi connectivity index (χ1n) is 7.28. The van der Waals surface area contributed by atoms with Crippen molar-refractivity contribution >= 4 is 28.3 Å². The number of nitrogens with zero attached hydrogens (tertiary/aromatic N) is 1. The summed E-state index contributed by atoms with van der Waals surface area (Å²) in [7, 11) is 1.33. The Balaban J connectivity index is 1.66. The third-order valence-corrected chi connectivity index (χ3v) is 4.47. The molecule has 0 bridgehead atoms. The van der Waals surface area contributed by atoms with Crippen LogP contribution < -0.4 is 5.32 Å². The molecular weight excluding hydrogens is 318 g/mol. The lowest BCUT2D eigenvalue weighted by Crippen LogP contribution is -2.28. The van der Waals surface area contributed by atoms with E-state index in [1.54, 1.807) is 12.3 Å². The lowest BCUT2D eigenvalue weighted by Gasteiger charge is -2.20. The summed E-state index contributed by atoms with van der Waals surface area (Å²) in [5.41, 5.74) is 1.83. The molecule has 0 atom stereocenters. The van der Waals surface area contributed by atoms with E-state index in [0.29, 0.717) is 29.7 Å². The Morgan fingerprint density at radius 3 is 2.96 bits per heavy atom. The quantitative estimate of drug-likeness (QED) is 0.836. The second kappa shape index (κ2) is 6.93. The van der Waals surface area contributed by atoms with Crippen LogP contribution in [0.5, 0.6) is 0 Å². The maximum Gasteiger partial charge on any atom is 0.354 e. The number of H-pyrrole nitrogens is 1. The highest BCUT2D eigenvalue weighted by Gasteiger charge is 2.22. The number of hydrogen-bond donors (Lipinski definition) is 2. The molecule has 7 nitrogen and oxygen atoms in total. The van der Waals surface area contributed by atoms with Crippen molar-refractivity contribution in [1.29, 1.82) is 0 Å². The van der Waals surface area contributed by atoms with Crippen molar-refractivity contribution in [3.05, 3.63) is 23.3 Å². The monoisotopic (exact) mass is 335 g/mol. The van der Waals surface area contributed by atoms with E-state index in [1.165, 1.54) is 18.4 Å². The van der Waals surface area contributed by atoms with Crippen molar-refractivity contribution in [2.45, 2.75) is 12.8 Å². The number of esters is 1. The molecule has 1 aliphatic heterocycles. The fourth-order valence-electron chi connectivity index (χ4n) is 2.40. The minimum absolute atomic E-state index is 0.0153. The van der Waals surface area contributed by atoms with Crippen LogP contribution >= 0.6 is 11.3 Å². The molecule has 0 spiro atoms. The fourth-order valence-corrected chi connectivity index (χ4v) is 3.12. The standard InChI is InChI=1S/C15H17N3O4S/c1-21-14(20)11-6-10(7-16-11)12-8-23-15(17-12)18-13(19)9-2-4-22-5-3-9/h6-9,16H,2-5H2,1H3,(H,17,18,19). The van der Waals surface area contributed by atoms with Gasteiger partial charge in [0, 0.05) is 36.3 Å². The van der Waals surface area contributed by atoms with Crippen LogP contribution in [0.25, 0.3) is 11.3 Å². The first kappa shape index (κ1) is 15.7. The normalized spacial score (nSPS) is 15.3. The van der Waals surface area contributed by atoms with Gasteiger partial charge in [-0.25, -0.2) is 9.78 Å². The first-order chi connectivity index (χ1) is 11.2. The molecule has 1 amide bonds. The van der Waals surface area contributed by atoms with E-state index in [-0.39, 0.29) is 11.8 Å². The molecule has 1 saturated heterocycles. The summed E-state index contributed by atoms with van der Waals surface area (Å²) in [5.74, 6) is -0.465. The molecule has 0 aromatic carbocycles. The van der Waals surface area contributed by atoms with Crippen LogP contribution in [-0.2, 0) is 14.3 Å². The summed E-state index contributed by atoms with van der Waals surface area (Å²) >= 11 is 1.36. The summed E-state index contributed by atoms with van der Waals surface area (Å²) in [6.45, 7) is 1.25. The summed E-state index contributed by atoms with van der Waals surface area (Å²) in [4.78, 5) is 30.9. The maximum absolute atomic E-state index is 12.2. The van der Waals surface area contributed by atoms with Gasteiger partial charge in [0.05, 0.1) is 12.8 Å². The SMILES string of the molecule is COC(=O)c1cc(-c2csc(NC(=O)C3CCOCC3)n2)c[nH]1. The van der Waals surface area contributed by atoms with Crippen LogP contribution in [-0.4, -0.2) is 42.2 Å². The minimum atomic E-state index is -0.431. The zero-order chi connectivity index (χ0) is 16.2. The average molecular weight is 335 g/mol. The van der Waals surface area contributed by atoms with Crippen LogP contribution in [0.15, 0.2) is 17.6 Å². The third-order valence-electron chi connectivity index (χ3n) is 3.71. The zero-order valence-electron chi connectivity index (χ0n) is 12.6. The number of ether oxygens (including phenoxy) is 2. The first-order valence-corrected chi connectivity index (χ1v) is 8.16. The highest BCUT2D eigenvalue weighted by molar-refractivity contribution is 7.14. The molecule has 3 heterocycles. The van der Waals surface area contributed by atoms with E-state index in [9.17, 15) is 9.59 Å². The number of carbonyl (C=O) groups excluding carboxylic acids is 2. The number of thiazole rings is 1. The van der Waals surface area contributed by atoms with Gasteiger partial charge in [-0.15, -0.1) is 11.3 Å². The topological polar surface area (TPSA) is 93.3 Å². The number of methoxy groups -OCH3 is 1. The molecule has 23 heavy (non-hydrogen) atoms. The molecule has 2 aromatic heterocycles. The lowest BCUT2D eigenvalue weighted by atomic mass is 10.00. The van der Waals surface area contributed by atoms with Gasteiger partial charge in [0.1, 0.15) is 5.69 Å². The van der Waals surface area contributed by atoms with Crippen molar-refractivity contribution in [2.24, 2.45) is 5.92 Å². The van der Waals surface area contributed by atoms with E-state index in [2.05, 4.69) is 20.0 Å². The molecular formula is C15H17N3O4S. The Bertz CT molecular complexity index is 703. The average Bonchev–Trinajstić information content (AvgIpc) is 3.24. The van der Waals surface area contributed by atoms with Crippen molar-refractivity contribution in [1.82, 2.24) is 9.97 Å². The Hall–Kier alpha value is -2.19. The predicted octanol–water partition coefficient (Wildman–Crippen LogP) is 2.29. The summed E-state index contributed by atoms with van der Waals surface area (Å²) in [5, 5.41) is 5.24. The predicted molar refractivity (Wildman–Crippen MR) is 85.4 cm³/mol. The number of carbonyl (C=O) groups is 2. The van der Waals surface area contributed by atoms with Gasteiger partial charge in [0.25, 0.3) is 0 Å². The second-order valence-electron chi connectivity index (χ2n) is 5.21. The Kier molecular flexibility index (Phi) is 4.73. The number of amides is 1.